The molecule has 0 aliphatic rings. The third kappa shape index (κ3) is 3.24. The number of hydrogen-bond acceptors (Lipinski definition) is 1. The van der Waals surface area contributed by atoms with Gasteiger partial charge in [0.05, 0.1) is 0 Å². The lowest BCUT2D eigenvalue weighted by Gasteiger charge is -2.09. The van der Waals surface area contributed by atoms with Gasteiger partial charge in [-0.25, -0.2) is 0 Å². The Hall–Kier alpha value is -1.16. The van der Waals surface area contributed by atoms with Crippen LogP contribution in [0.4, 0.5) is 0 Å². The number of aryl methyl sites for hydroxylation is 3. The van der Waals surface area contributed by atoms with Gasteiger partial charge in [-0.1, -0.05) is 42.0 Å². The maximum Gasteiger partial charge on any atom is 0.168 e. The summed E-state index contributed by atoms with van der Waals surface area (Å²) in [4.78, 5) is 12.4. The Morgan fingerprint density at radius 3 is 2.53 bits per heavy atom. The Labute approximate surface area is 128 Å². The molecule has 0 heterocycles. The molecule has 0 fully saturated rings. The third-order valence-corrected chi connectivity index (χ3v) is 4.78. The average Bonchev–Trinajstić information content (AvgIpc) is 2.37. The fourth-order valence-electron chi connectivity index (χ4n) is 2.12. The van der Waals surface area contributed by atoms with Gasteiger partial charge in [0.15, 0.2) is 5.78 Å². The first-order valence-corrected chi connectivity index (χ1v) is 7.41. The summed E-state index contributed by atoms with van der Waals surface area (Å²) in [6.45, 7) is 6.16. The number of benzene rings is 2. The first-order valence-electron chi connectivity index (χ1n) is 6.33. The van der Waals surface area contributed by atoms with E-state index in [1.807, 2.05) is 25.1 Å². The average molecular weight is 364 g/mol. The van der Waals surface area contributed by atoms with Gasteiger partial charge in [-0.15, -0.1) is 0 Å². The molecule has 2 aromatic carbocycles. The zero-order chi connectivity index (χ0) is 14.0. The number of Topliss-reactive ketones (excluding diaryl/α,β-unsaturated/α-hetero) is 1. The Balaban J connectivity index is 2.31. The molecular formula is C17H17IO. The van der Waals surface area contributed by atoms with Crippen molar-refractivity contribution in [3.63, 3.8) is 0 Å². The Morgan fingerprint density at radius 2 is 1.79 bits per heavy atom. The summed E-state index contributed by atoms with van der Waals surface area (Å²) in [7, 11) is 0. The lowest BCUT2D eigenvalue weighted by molar-refractivity contribution is 0.0992. The van der Waals surface area contributed by atoms with E-state index in [1.54, 1.807) is 0 Å². The minimum absolute atomic E-state index is 0.196. The third-order valence-electron chi connectivity index (χ3n) is 3.35. The molecule has 0 bridgehead atoms. The molecule has 98 valence electrons. The molecule has 0 spiro atoms. The summed E-state index contributed by atoms with van der Waals surface area (Å²) in [6, 6.07) is 12.2. The molecule has 0 N–H and O–H groups in total. The first kappa shape index (κ1) is 14.3. The van der Waals surface area contributed by atoms with E-state index in [0.717, 1.165) is 20.3 Å². The van der Waals surface area contributed by atoms with Crippen LogP contribution in [0.2, 0.25) is 0 Å². The number of hydrogen-bond donors (Lipinski definition) is 0. The molecule has 0 aliphatic heterocycles. The lowest BCUT2D eigenvalue weighted by atomic mass is 9.97. The molecular weight excluding hydrogens is 347 g/mol. The van der Waals surface area contributed by atoms with Crippen LogP contribution < -0.4 is 0 Å². The molecule has 2 heteroatoms. The summed E-state index contributed by atoms with van der Waals surface area (Å²) >= 11 is 2.26. The molecule has 0 aliphatic carbocycles. The molecule has 0 saturated heterocycles. The fraction of sp³-hybridized carbons (Fsp3) is 0.235. The van der Waals surface area contributed by atoms with Crippen molar-refractivity contribution in [2.45, 2.75) is 27.2 Å². The highest BCUT2D eigenvalue weighted by molar-refractivity contribution is 14.1. The van der Waals surface area contributed by atoms with E-state index in [9.17, 15) is 4.79 Å². The van der Waals surface area contributed by atoms with Crippen LogP contribution >= 0.6 is 22.6 Å². The summed E-state index contributed by atoms with van der Waals surface area (Å²) < 4.78 is 1.07. The number of rotatable bonds is 3. The fourth-order valence-corrected chi connectivity index (χ4v) is 2.78. The maximum absolute atomic E-state index is 12.4. The Bertz CT molecular complexity index is 629. The van der Waals surface area contributed by atoms with Crippen molar-refractivity contribution in [3.05, 3.63) is 67.8 Å². The first-order chi connectivity index (χ1) is 8.99. The predicted molar refractivity (Wildman–Crippen MR) is 87.8 cm³/mol. The summed E-state index contributed by atoms with van der Waals surface area (Å²) in [5, 5.41) is 0. The van der Waals surface area contributed by atoms with E-state index in [1.165, 1.54) is 11.1 Å². The van der Waals surface area contributed by atoms with E-state index < -0.39 is 0 Å². The summed E-state index contributed by atoms with van der Waals surface area (Å²) in [6.07, 6.45) is 0.479. The SMILES string of the molecule is Cc1ccc(C)c(CC(=O)c2cccc(C)c2I)c1. The highest BCUT2D eigenvalue weighted by atomic mass is 127. The second-order valence-corrected chi connectivity index (χ2v) is 6.05. The van der Waals surface area contributed by atoms with Crippen LogP contribution in [-0.4, -0.2) is 5.78 Å². The van der Waals surface area contributed by atoms with Crippen LogP contribution in [0.3, 0.4) is 0 Å². The van der Waals surface area contributed by atoms with Crippen LogP contribution in [0.25, 0.3) is 0 Å². The van der Waals surface area contributed by atoms with Gasteiger partial charge in [-0.05, 0) is 60.1 Å². The summed E-state index contributed by atoms with van der Waals surface area (Å²) in [5.41, 5.74) is 5.50. The molecule has 2 rings (SSSR count). The molecule has 0 aromatic heterocycles. The van der Waals surface area contributed by atoms with Gasteiger partial charge >= 0.3 is 0 Å². The van der Waals surface area contributed by atoms with E-state index in [4.69, 9.17) is 0 Å². The molecule has 1 nitrogen and oxygen atoms in total. The minimum atomic E-state index is 0.196. The Kier molecular flexibility index (Phi) is 4.40. The van der Waals surface area contributed by atoms with Gasteiger partial charge in [0.25, 0.3) is 0 Å². The molecule has 0 unspecified atom stereocenters. The molecule has 0 amide bonds. The van der Waals surface area contributed by atoms with Crippen LogP contribution in [0, 0.1) is 24.3 Å². The van der Waals surface area contributed by atoms with E-state index in [0.29, 0.717) is 6.42 Å². The van der Waals surface area contributed by atoms with Crippen LogP contribution in [0.15, 0.2) is 36.4 Å². The smallest absolute Gasteiger partial charge is 0.168 e. The minimum Gasteiger partial charge on any atom is -0.294 e. The van der Waals surface area contributed by atoms with Gasteiger partial charge in [0.2, 0.25) is 0 Å². The largest absolute Gasteiger partial charge is 0.294 e. The predicted octanol–water partition coefficient (Wildman–Crippen LogP) is 4.64. The van der Waals surface area contributed by atoms with Gasteiger partial charge in [0, 0.05) is 15.6 Å². The normalized spacial score (nSPS) is 10.5. The van der Waals surface area contributed by atoms with Gasteiger partial charge in [-0.3, -0.25) is 4.79 Å². The van der Waals surface area contributed by atoms with Crippen LogP contribution in [0.1, 0.15) is 32.6 Å². The van der Waals surface area contributed by atoms with Crippen LogP contribution in [-0.2, 0) is 6.42 Å². The molecule has 19 heavy (non-hydrogen) atoms. The number of carbonyl (C=O) groups is 1. The van der Waals surface area contributed by atoms with E-state index in [-0.39, 0.29) is 5.78 Å². The van der Waals surface area contributed by atoms with Crippen molar-refractivity contribution in [1.29, 1.82) is 0 Å². The number of halogens is 1. The van der Waals surface area contributed by atoms with E-state index >= 15 is 0 Å². The van der Waals surface area contributed by atoms with Crippen molar-refractivity contribution in [2.24, 2.45) is 0 Å². The standard InChI is InChI=1S/C17H17IO/c1-11-7-8-12(2)14(9-11)10-16(19)15-6-4-5-13(3)17(15)18/h4-9H,10H2,1-3H3. The highest BCUT2D eigenvalue weighted by Gasteiger charge is 2.13. The second kappa shape index (κ2) is 5.87. The molecule has 0 saturated carbocycles. The Morgan fingerprint density at radius 1 is 1.05 bits per heavy atom. The highest BCUT2D eigenvalue weighted by Crippen LogP contribution is 2.20. The van der Waals surface area contributed by atoms with Gasteiger partial charge in [-0.2, -0.15) is 0 Å². The van der Waals surface area contributed by atoms with Gasteiger partial charge in [0.1, 0.15) is 0 Å². The van der Waals surface area contributed by atoms with Crippen molar-refractivity contribution in [3.8, 4) is 0 Å². The summed E-state index contributed by atoms with van der Waals surface area (Å²) in [5.74, 6) is 0.196. The van der Waals surface area contributed by atoms with Crippen molar-refractivity contribution < 1.29 is 4.79 Å². The van der Waals surface area contributed by atoms with Crippen molar-refractivity contribution >= 4 is 28.4 Å². The van der Waals surface area contributed by atoms with Crippen molar-refractivity contribution in [1.82, 2.24) is 0 Å². The number of ketones is 1. The zero-order valence-corrected chi connectivity index (χ0v) is 13.6. The van der Waals surface area contributed by atoms with E-state index in [2.05, 4.69) is 54.6 Å². The van der Waals surface area contributed by atoms with Gasteiger partial charge < -0.3 is 0 Å². The monoisotopic (exact) mass is 364 g/mol. The topological polar surface area (TPSA) is 17.1 Å². The lowest BCUT2D eigenvalue weighted by Crippen LogP contribution is -2.07. The molecule has 2 aromatic rings. The van der Waals surface area contributed by atoms with Crippen molar-refractivity contribution in [2.75, 3.05) is 0 Å². The zero-order valence-electron chi connectivity index (χ0n) is 11.5. The van der Waals surface area contributed by atoms with Crippen LogP contribution in [0.5, 0.6) is 0 Å². The molecule has 0 atom stereocenters. The number of carbonyl (C=O) groups excluding carboxylic acids is 1. The quantitative estimate of drug-likeness (QED) is 0.573. The molecule has 0 radical (unpaired) electrons. The second-order valence-electron chi connectivity index (χ2n) is 4.97. The maximum atomic E-state index is 12.4.